The molecule has 142 valence electrons. The van der Waals surface area contributed by atoms with Crippen LogP contribution in [0.5, 0.6) is 0 Å². The first kappa shape index (κ1) is 19.6. The van der Waals surface area contributed by atoms with Crippen LogP contribution in [0, 0.1) is 6.92 Å². The van der Waals surface area contributed by atoms with Gasteiger partial charge in [-0.15, -0.1) is 0 Å². The summed E-state index contributed by atoms with van der Waals surface area (Å²) in [6.45, 7) is 4.21. The molecule has 1 amide bonds. The maximum atomic E-state index is 12.7. The van der Waals surface area contributed by atoms with Crippen LogP contribution >= 0.6 is 23.8 Å². The van der Waals surface area contributed by atoms with Crippen LogP contribution in [0.4, 0.5) is 5.69 Å². The zero-order chi connectivity index (χ0) is 19.2. The molecule has 1 fully saturated rings. The molecular formula is C21H24ClN3OS. The second-order valence-electron chi connectivity index (χ2n) is 6.77. The molecule has 2 aromatic rings. The minimum atomic E-state index is 0.117. The Bertz CT molecular complexity index is 834. The average molecular weight is 402 g/mol. The number of hydrogen-bond donors (Lipinski definition) is 2. The quantitative estimate of drug-likeness (QED) is 0.725. The van der Waals surface area contributed by atoms with Gasteiger partial charge in [0, 0.05) is 35.9 Å². The van der Waals surface area contributed by atoms with Crippen molar-refractivity contribution in [3.05, 3.63) is 64.2 Å². The van der Waals surface area contributed by atoms with E-state index in [9.17, 15) is 4.79 Å². The normalized spacial score (nSPS) is 13.9. The number of likely N-dealkylation sites (tertiary alicyclic amines) is 1. The summed E-state index contributed by atoms with van der Waals surface area (Å²) < 4.78 is 0. The lowest BCUT2D eigenvalue weighted by Crippen LogP contribution is -2.35. The van der Waals surface area contributed by atoms with Crippen LogP contribution in [0.1, 0.15) is 40.7 Å². The number of carbonyl (C=O) groups is 1. The zero-order valence-electron chi connectivity index (χ0n) is 15.4. The van der Waals surface area contributed by atoms with Gasteiger partial charge in [0.2, 0.25) is 0 Å². The van der Waals surface area contributed by atoms with Gasteiger partial charge in [-0.1, -0.05) is 29.8 Å². The fourth-order valence-corrected chi connectivity index (χ4v) is 3.54. The molecule has 1 heterocycles. The van der Waals surface area contributed by atoms with Gasteiger partial charge in [-0.3, -0.25) is 4.79 Å². The monoisotopic (exact) mass is 401 g/mol. The third-order valence-electron chi connectivity index (χ3n) is 4.79. The number of rotatable bonds is 4. The third kappa shape index (κ3) is 5.21. The van der Waals surface area contributed by atoms with E-state index in [0.717, 1.165) is 48.3 Å². The minimum Gasteiger partial charge on any atom is -0.358 e. The van der Waals surface area contributed by atoms with E-state index in [-0.39, 0.29) is 5.91 Å². The number of nitrogens with zero attached hydrogens (tertiary/aromatic N) is 1. The molecule has 0 spiro atoms. The van der Waals surface area contributed by atoms with E-state index < -0.39 is 0 Å². The van der Waals surface area contributed by atoms with Crippen LogP contribution in [0.2, 0.25) is 5.02 Å². The zero-order valence-corrected chi connectivity index (χ0v) is 17.0. The number of thiocarbonyl (C=S) groups is 1. The van der Waals surface area contributed by atoms with Crippen molar-refractivity contribution in [2.45, 2.75) is 32.7 Å². The first-order valence-corrected chi connectivity index (χ1v) is 10.0. The molecule has 1 aliphatic rings. The van der Waals surface area contributed by atoms with E-state index in [0.29, 0.717) is 16.7 Å². The number of piperidine rings is 1. The van der Waals surface area contributed by atoms with E-state index in [1.807, 2.05) is 54.3 Å². The van der Waals surface area contributed by atoms with Crippen molar-refractivity contribution >= 4 is 40.5 Å². The summed E-state index contributed by atoms with van der Waals surface area (Å²) in [4.78, 5) is 14.6. The number of carbonyl (C=O) groups excluding carboxylic acids is 1. The summed E-state index contributed by atoms with van der Waals surface area (Å²) in [5.41, 5.74) is 3.59. The summed E-state index contributed by atoms with van der Waals surface area (Å²) in [6.07, 6.45) is 3.40. The Labute approximate surface area is 170 Å². The fraction of sp³-hybridized carbons (Fsp3) is 0.333. The standard InChI is InChI=1S/C21H24ClN3OS/c1-15-18(22)9-6-10-19(15)24-21(27)23-14-16-7-5-8-17(13-16)20(26)25-11-3-2-4-12-25/h5-10,13H,2-4,11-12,14H2,1H3,(H2,23,24,27). The van der Waals surface area contributed by atoms with Crippen LogP contribution in [0.15, 0.2) is 42.5 Å². The molecule has 0 bridgehead atoms. The number of benzene rings is 2. The van der Waals surface area contributed by atoms with E-state index >= 15 is 0 Å². The summed E-state index contributed by atoms with van der Waals surface area (Å²) >= 11 is 11.5. The highest BCUT2D eigenvalue weighted by atomic mass is 35.5. The van der Waals surface area contributed by atoms with Gasteiger partial charge < -0.3 is 15.5 Å². The largest absolute Gasteiger partial charge is 0.358 e. The van der Waals surface area contributed by atoms with Gasteiger partial charge >= 0.3 is 0 Å². The van der Waals surface area contributed by atoms with Gasteiger partial charge in [-0.2, -0.15) is 0 Å². The third-order valence-corrected chi connectivity index (χ3v) is 5.44. The number of halogens is 1. The maximum Gasteiger partial charge on any atom is 0.253 e. The molecule has 0 aliphatic carbocycles. The van der Waals surface area contributed by atoms with Crippen LogP contribution in [0.25, 0.3) is 0 Å². The number of hydrogen-bond acceptors (Lipinski definition) is 2. The average Bonchev–Trinajstić information content (AvgIpc) is 2.70. The van der Waals surface area contributed by atoms with E-state index in [4.69, 9.17) is 23.8 Å². The molecule has 0 radical (unpaired) electrons. The highest BCUT2D eigenvalue weighted by Gasteiger charge is 2.18. The number of nitrogens with one attached hydrogen (secondary N) is 2. The molecule has 2 aromatic carbocycles. The van der Waals surface area contributed by atoms with Gasteiger partial charge in [-0.05, 0) is 73.8 Å². The Balaban J connectivity index is 1.58. The molecule has 0 saturated carbocycles. The van der Waals surface area contributed by atoms with Gasteiger partial charge in [0.05, 0.1) is 0 Å². The van der Waals surface area contributed by atoms with Crippen LogP contribution in [0.3, 0.4) is 0 Å². The van der Waals surface area contributed by atoms with Crippen molar-refractivity contribution in [1.29, 1.82) is 0 Å². The maximum absolute atomic E-state index is 12.7. The topological polar surface area (TPSA) is 44.4 Å². The Hall–Kier alpha value is -2.11. The van der Waals surface area contributed by atoms with Gasteiger partial charge in [0.15, 0.2) is 5.11 Å². The van der Waals surface area contributed by atoms with Gasteiger partial charge in [0.1, 0.15) is 0 Å². The molecule has 0 unspecified atom stereocenters. The summed E-state index contributed by atoms with van der Waals surface area (Å²) in [5, 5.41) is 7.59. The summed E-state index contributed by atoms with van der Waals surface area (Å²) in [5.74, 6) is 0.117. The molecule has 3 rings (SSSR count). The molecule has 4 nitrogen and oxygen atoms in total. The number of amides is 1. The lowest BCUT2D eigenvalue weighted by molar-refractivity contribution is 0.0724. The van der Waals surface area contributed by atoms with Gasteiger partial charge in [-0.25, -0.2) is 0 Å². The van der Waals surface area contributed by atoms with Crippen molar-refractivity contribution in [3.63, 3.8) is 0 Å². The molecule has 0 aromatic heterocycles. The fourth-order valence-electron chi connectivity index (χ4n) is 3.19. The second kappa shape index (κ2) is 9.20. The molecular weight excluding hydrogens is 378 g/mol. The van der Waals surface area contributed by atoms with Crippen molar-refractivity contribution in [2.75, 3.05) is 18.4 Å². The highest BCUT2D eigenvalue weighted by molar-refractivity contribution is 7.80. The first-order valence-electron chi connectivity index (χ1n) is 9.23. The molecule has 1 saturated heterocycles. The van der Waals surface area contributed by atoms with Crippen LogP contribution < -0.4 is 10.6 Å². The van der Waals surface area contributed by atoms with Crippen molar-refractivity contribution in [1.82, 2.24) is 10.2 Å². The van der Waals surface area contributed by atoms with Crippen LogP contribution in [-0.2, 0) is 6.54 Å². The summed E-state index contributed by atoms with van der Waals surface area (Å²) in [7, 11) is 0. The Morgan fingerprint density at radius 3 is 2.67 bits per heavy atom. The first-order chi connectivity index (χ1) is 13.0. The molecule has 6 heteroatoms. The molecule has 2 N–H and O–H groups in total. The van der Waals surface area contributed by atoms with Crippen molar-refractivity contribution < 1.29 is 4.79 Å². The molecule has 0 atom stereocenters. The summed E-state index contributed by atoms with van der Waals surface area (Å²) in [6, 6.07) is 13.4. The van der Waals surface area contributed by atoms with Gasteiger partial charge in [0.25, 0.3) is 5.91 Å². The predicted octanol–water partition coefficient (Wildman–Crippen LogP) is 4.76. The lowest BCUT2D eigenvalue weighted by Gasteiger charge is -2.26. The lowest BCUT2D eigenvalue weighted by atomic mass is 10.1. The predicted molar refractivity (Wildman–Crippen MR) is 115 cm³/mol. The smallest absolute Gasteiger partial charge is 0.253 e. The second-order valence-corrected chi connectivity index (χ2v) is 7.59. The van der Waals surface area contributed by atoms with E-state index in [1.54, 1.807) is 0 Å². The van der Waals surface area contributed by atoms with Crippen molar-refractivity contribution in [2.24, 2.45) is 0 Å². The SMILES string of the molecule is Cc1c(Cl)cccc1NC(=S)NCc1cccc(C(=O)N2CCCCC2)c1. The van der Waals surface area contributed by atoms with E-state index in [2.05, 4.69) is 10.6 Å². The van der Waals surface area contributed by atoms with Crippen molar-refractivity contribution in [3.8, 4) is 0 Å². The Kier molecular flexibility index (Phi) is 6.69. The van der Waals surface area contributed by atoms with E-state index in [1.165, 1.54) is 6.42 Å². The highest BCUT2D eigenvalue weighted by Crippen LogP contribution is 2.22. The molecule has 27 heavy (non-hydrogen) atoms. The Morgan fingerprint density at radius 2 is 1.89 bits per heavy atom. The van der Waals surface area contributed by atoms with Crippen LogP contribution in [-0.4, -0.2) is 29.0 Å². The minimum absolute atomic E-state index is 0.117. The molecule has 1 aliphatic heterocycles. The number of anilines is 1. The Morgan fingerprint density at radius 1 is 1.15 bits per heavy atom.